The number of pyridine rings is 1. The van der Waals surface area contributed by atoms with Gasteiger partial charge in [-0.3, -0.25) is 9.78 Å². The number of aromatic hydroxyl groups is 1. The number of methoxy groups -OCH3 is 1. The number of nitrogens with one attached hydrogen (secondary N) is 2. The van der Waals surface area contributed by atoms with E-state index in [0.717, 1.165) is 0 Å². The van der Waals surface area contributed by atoms with Gasteiger partial charge in [0.25, 0.3) is 5.91 Å². The van der Waals surface area contributed by atoms with Crippen LogP contribution in [0.4, 0.5) is 11.6 Å². The molecule has 2 aromatic carbocycles. The lowest BCUT2D eigenvalue weighted by molar-refractivity contribution is -0.113. The van der Waals surface area contributed by atoms with Crippen LogP contribution in [0.5, 0.6) is 11.5 Å². The number of hydrogen-bond donors (Lipinski definition) is 3. The minimum Gasteiger partial charge on any atom is -0.508 e. The third-order valence-corrected chi connectivity index (χ3v) is 5.52. The summed E-state index contributed by atoms with van der Waals surface area (Å²) >= 11 is 0. The van der Waals surface area contributed by atoms with Gasteiger partial charge in [0.05, 0.1) is 24.1 Å². The molecular formula is C25H22N6O3. The zero-order valence-corrected chi connectivity index (χ0v) is 18.6. The number of nitrogens with zero attached hydrogens (tertiary/aromatic N) is 4. The number of rotatable bonds is 5. The average molecular weight is 454 g/mol. The number of amides is 1. The Morgan fingerprint density at radius 3 is 2.71 bits per heavy atom. The molecule has 1 unspecified atom stereocenters. The summed E-state index contributed by atoms with van der Waals surface area (Å²) in [6.45, 7) is 1.82. The number of para-hydroxylation sites is 2. The molecule has 0 radical (unpaired) electrons. The number of phenols is 1. The minimum atomic E-state index is -0.620. The molecule has 0 spiro atoms. The lowest BCUT2D eigenvalue weighted by Gasteiger charge is -2.28. The Labute approximate surface area is 195 Å². The van der Waals surface area contributed by atoms with Crippen LogP contribution in [0.15, 0.2) is 84.2 Å². The van der Waals surface area contributed by atoms with Crippen LogP contribution in [-0.4, -0.2) is 37.9 Å². The van der Waals surface area contributed by atoms with Gasteiger partial charge in [0.1, 0.15) is 17.5 Å². The molecule has 1 atom stereocenters. The second kappa shape index (κ2) is 8.70. The standard InChI is InChI=1S/C25H22N6O3/c1-15-21(24(33)28-18-10-3-4-12-20(18)34-2)22(19-11-5-6-13-26-19)31-25(27-15)29-23(30-31)16-8-7-9-17(32)14-16/h3-14,22,32H,1-2H3,(H,28,33)(H,27,29,30). The third kappa shape index (κ3) is 3.83. The van der Waals surface area contributed by atoms with Crippen molar-refractivity contribution in [2.24, 2.45) is 0 Å². The number of carbonyl (C=O) groups is 1. The van der Waals surface area contributed by atoms with E-state index in [1.165, 1.54) is 0 Å². The van der Waals surface area contributed by atoms with E-state index in [1.54, 1.807) is 48.3 Å². The van der Waals surface area contributed by atoms with Crippen LogP contribution in [0.2, 0.25) is 0 Å². The molecule has 0 bridgehead atoms. The first-order chi connectivity index (χ1) is 16.5. The Morgan fingerprint density at radius 2 is 1.94 bits per heavy atom. The molecule has 34 heavy (non-hydrogen) atoms. The van der Waals surface area contributed by atoms with E-state index in [4.69, 9.17) is 4.74 Å². The van der Waals surface area contributed by atoms with E-state index in [2.05, 4.69) is 25.7 Å². The molecule has 0 aliphatic carbocycles. The average Bonchev–Trinajstić information content (AvgIpc) is 3.27. The van der Waals surface area contributed by atoms with Crippen molar-refractivity contribution in [3.63, 3.8) is 0 Å². The molecule has 170 valence electrons. The number of hydrogen-bond acceptors (Lipinski definition) is 7. The second-order valence-electron chi connectivity index (χ2n) is 7.73. The number of carbonyl (C=O) groups excluding carboxylic acids is 1. The number of anilines is 2. The van der Waals surface area contributed by atoms with Crippen LogP contribution < -0.4 is 15.4 Å². The quantitative estimate of drug-likeness (QED) is 0.418. The van der Waals surface area contributed by atoms with E-state index >= 15 is 0 Å². The lowest BCUT2D eigenvalue weighted by Crippen LogP contribution is -2.32. The van der Waals surface area contributed by atoms with E-state index in [-0.39, 0.29) is 11.7 Å². The second-order valence-corrected chi connectivity index (χ2v) is 7.73. The lowest BCUT2D eigenvalue weighted by atomic mass is 9.98. The molecule has 3 N–H and O–H groups in total. The molecule has 1 aliphatic rings. The van der Waals surface area contributed by atoms with Gasteiger partial charge in [0.15, 0.2) is 5.82 Å². The summed E-state index contributed by atoms with van der Waals surface area (Å²) in [4.78, 5) is 22.7. The van der Waals surface area contributed by atoms with Crippen LogP contribution in [0.25, 0.3) is 11.4 Å². The molecule has 1 aliphatic heterocycles. The maximum absolute atomic E-state index is 13.6. The normalized spacial score (nSPS) is 14.8. The molecule has 3 heterocycles. The number of fused-ring (bicyclic) bond motifs is 1. The van der Waals surface area contributed by atoms with Crippen molar-refractivity contribution in [1.29, 1.82) is 0 Å². The fourth-order valence-corrected chi connectivity index (χ4v) is 3.96. The molecule has 9 nitrogen and oxygen atoms in total. The van der Waals surface area contributed by atoms with E-state index in [0.29, 0.717) is 45.7 Å². The molecular weight excluding hydrogens is 432 g/mol. The van der Waals surface area contributed by atoms with Gasteiger partial charge in [0, 0.05) is 17.5 Å². The van der Waals surface area contributed by atoms with Crippen molar-refractivity contribution < 1.29 is 14.6 Å². The Hall–Kier alpha value is -4.66. The SMILES string of the molecule is COc1ccccc1NC(=O)C1=C(C)Nc2nc(-c3cccc(O)c3)nn2C1c1ccccn1. The molecule has 0 saturated carbocycles. The summed E-state index contributed by atoms with van der Waals surface area (Å²) in [5.41, 5.74) is 2.93. The highest BCUT2D eigenvalue weighted by Gasteiger charge is 2.35. The molecule has 9 heteroatoms. The van der Waals surface area contributed by atoms with E-state index in [1.807, 2.05) is 43.3 Å². The number of benzene rings is 2. The van der Waals surface area contributed by atoms with Gasteiger partial charge in [0.2, 0.25) is 5.95 Å². The first kappa shape index (κ1) is 21.2. The highest BCUT2D eigenvalue weighted by Crippen LogP contribution is 2.36. The summed E-state index contributed by atoms with van der Waals surface area (Å²) in [5, 5.41) is 20.7. The topological polar surface area (TPSA) is 114 Å². The van der Waals surface area contributed by atoms with Crippen LogP contribution in [0.1, 0.15) is 18.7 Å². The van der Waals surface area contributed by atoms with Gasteiger partial charge in [-0.2, -0.15) is 4.98 Å². The van der Waals surface area contributed by atoms with Crippen molar-refractivity contribution in [2.75, 3.05) is 17.7 Å². The maximum atomic E-state index is 13.6. The van der Waals surface area contributed by atoms with Crippen LogP contribution in [0, 0.1) is 0 Å². The van der Waals surface area contributed by atoms with Crippen LogP contribution in [-0.2, 0) is 4.79 Å². The Bertz CT molecular complexity index is 1400. The summed E-state index contributed by atoms with van der Waals surface area (Å²) in [6.07, 6.45) is 1.68. The van der Waals surface area contributed by atoms with Gasteiger partial charge in [-0.1, -0.05) is 30.3 Å². The predicted octanol–water partition coefficient (Wildman–Crippen LogP) is 3.98. The van der Waals surface area contributed by atoms with Crippen LogP contribution in [0.3, 0.4) is 0 Å². The third-order valence-electron chi connectivity index (χ3n) is 5.52. The fourth-order valence-electron chi connectivity index (χ4n) is 3.96. The highest BCUT2D eigenvalue weighted by atomic mass is 16.5. The molecule has 5 rings (SSSR count). The van der Waals surface area contributed by atoms with Gasteiger partial charge < -0.3 is 20.5 Å². The first-order valence-electron chi connectivity index (χ1n) is 10.6. The van der Waals surface area contributed by atoms with Crippen molar-refractivity contribution in [3.05, 3.63) is 89.9 Å². The molecule has 0 fully saturated rings. The molecule has 1 amide bonds. The number of ether oxygens (including phenoxy) is 1. The van der Waals surface area contributed by atoms with Gasteiger partial charge >= 0.3 is 0 Å². The van der Waals surface area contributed by atoms with Gasteiger partial charge in [-0.25, -0.2) is 4.68 Å². The van der Waals surface area contributed by atoms with E-state index in [9.17, 15) is 9.90 Å². The van der Waals surface area contributed by atoms with Gasteiger partial charge in [-0.05, 0) is 43.3 Å². The zero-order chi connectivity index (χ0) is 23.7. The first-order valence-corrected chi connectivity index (χ1v) is 10.6. The molecule has 2 aromatic heterocycles. The maximum Gasteiger partial charge on any atom is 0.256 e. The monoisotopic (exact) mass is 454 g/mol. The predicted molar refractivity (Wildman–Crippen MR) is 127 cm³/mol. The Kier molecular flexibility index (Phi) is 5.43. The molecule has 4 aromatic rings. The fraction of sp³-hybridized carbons (Fsp3) is 0.120. The largest absolute Gasteiger partial charge is 0.508 e. The summed E-state index contributed by atoms with van der Waals surface area (Å²) in [6, 6.07) is 18.8. The zero-order valence-electron chi connectivity index (χ0n) is 18.6. The van der Waals surface area contributed by atoms with Crippen molar-refractivity contribution in [3.8, 4) is 22.9 Å². The molecule has 0 saturated heterocycles. The number of phenolic OH excluding ortho intramolecular Hbond substituents is 1. The number of allylic oxidation sites excluding steroid dienone is 1. The summed E-state index contributed by atoms with van der Waals surface area (Å²) in [7, 11) is 1.55. The number of aromatic nitrogens is 4. The van der Waals surface area contributed by atoms with Gasteiger partial charge in [-0.15, -0.1) is 5.10 Å². The van der Waals surface area contributed by atoms with Crippen molar-refractivity contribution >= 4 is 17.5 Å². The minimum absolute atomic E-state index is 0.116. The van der Waals surface area contributed by atoms with Crippen molar-refractivity contribution in [1.82, 2.24) is 19.7 Å². The summed E-state index contributed by atoms with van der Waals surface area (Å²) < 4.78 is 7.03. The smallest absolute Gasteiger partial charge is 0.256 e. The Balaban J connectivity index is 1.59. The van der Waals surface area contributed by atoms with Crippen molar-refractivity contribution in [2.45, 2.75) is 13.0 Å². The van der Waals surface area contributed by atoms with E-state index < -0.39 is 6.04 Å². The Morgan fingerprint density at radius 1 is 1.12 bits per heavy atom. The van der Waals surface area contributed by atoms with Crippen LogP contribution >= 0.6 is 0 Å². The highest BCUT2D eigenvalue weighted by molar-refractivity contribution is 6.06. The summed E-state index contributed by atoms with van der Waals surface area (Å²) in [5.74, 6) is 1.25.